The molecule has 0 saturated heterocycles. The zero-order valence-electron chi connectivity index (χ0n) is 13.4. The second-order valence-corrected chi connectivity index (χ2v) is 5.82. The molecule has 3 rings (SSSR count). The molecule has 4 nitrogen and oxygen atoms in total. The summed E-state index contributed by atoms with van der Waals surface area (Å²) in [6.07, 6.45) is 2.43. The molecule has 0 saturated carbocycles. The molecule has 1 aliphatic rings. The van der Waals surface area contributed by atoms with Gasteiger partial charge < -0.3 is 10.2 Å². The van der Waals surface area contributed by atoms with E-state index >= 15 is 0 Å². The van der Waals surface area contributed by atoms with Gasteiger partial charge in [-0.1, -0.05) is 48.5 Å². The van der Waals surface area contributed by atoms with Gasteiger partial charge >= 0.3 is 0 Å². The van der Waals surface area contributed by atoms with Crippen molar-refractivity contribution in [2.45, 2.75) is 18.8 Å². The van der Waals surface area contributed by atoms with E-state index in [2.05, 4.69) is 11.9 Å². The van der Waals surface area contributed by atoms with Gasteiger partial charge in [-0.25, -0.2) is 0 Å². The number of fused-ring (bicyclic) bond motifs is 1. The molecular formula is C20H20N2O2. The van der Waals surface area contributed by atoms with E-state index in [9.17, 15) is 9.59 Å². The number of carbonyl (C=O) groups is 2. The maximum absolute atomic E-state index is 12.9. The zero-order valence-corrected chi connectivity index (χ0v) is 13.4. The van der Waals surface area contributed by atoms with Crippen molar-refractivity contribution in [3.63, 3.8) is 0 Å². The van der Waals surface area contributed by atoms with Gasteiger partial charge in [-0.2, -0.15) is 0 Å². The predicted octanol–water partition coefficient (Wildman–Crippen LogP) is 3.72. The summed E-state index contributed by atoms with van der Waals surface area (Å²) in [5, 5.41) is 2.85. The lowest BCUT2D eigenvalue weighted by Gasteiger charge is -2.24. The Bertz CT molecular complexity index is 755. The largest absolute Gasteiger partial charge is 0.324 e. The number of benzene rings is 2. The first-order valence-electron chi connectivity index (χ1n) is 8.06. The normalized spacial score (nSPS) is 15.0. The van der Waals surface area contributed by atoms with Crippen LogP contribution in [0.1, 0.15) is 24.3 Å². The van der Waals surface area contributed by atoms with E-state index in [1.165, 1.54) is 0 Å². The van der Waals surface area contributed by atoms with Crippen molar-refractivity contribution in [1.29, 1.82) is 0 Å². The first-order chi connectivity index (χ1) is 11.7. The van der Waals surface area contributed by atoms with Crippen LogP contribution in [0.5, 0.6) is 0 Å². The molecule has 2 aromatic rings. The van der Waals surface area contributed by atoms with Crippen LogP contribution in [0.2, 0.25) is 0 Å². The quantitative estimate of drug-likeness (QED) is 0.873. The van der Waals surface area contributed by atoms with E-state index in [4.69, 9.17) is 0 Å². The van der Waals surface area contributed by atoms with Crippen molar-refractivity contribution >= 4 is 23.2 Å². The summed E-state index contributed by atoms with van der Waals surface area (Å²) in [5.41, 5.74) is 2.51. The summed E-state index contributed by atoms with van der Waals surface area (Å²) >= 11 is 0. The molecular weight excluding hydrogens is 300 g/mol. The van der Waals surface area contributed by atoms with Gasteiger partial charge in [0.1, 0.15) is 0 Å². The molecule has 2 amide bonds. The van der Waals surface area contributed by atoms with Crippen LogP contribution >= 0.6 is 0 Å². The molecule has 1 unspecified atom stereocenters. The number of allylic oxidation sites excluding steroid dienone is 1. The number of carbonyl (C=O) groups excluding carboxylic acids is 2. The van der Waals surface area contributed by atoms with Crippen molar-refractivity contribution in [3.8, 4) is 0 Å². The number of nitrogens with one attached hydrogen (secondary N) is 1. The van der Waals surface area contributed by atoms with Gasteiger partial charge in [0.25, 0.3) is 0 Å². The third kappa shape index (κ3) is 3.38. The first-order valence-corrected chi connectivity index (χ1v) is 8.06. The van der Waals surface area contributed by atoms with Crippen LogP contribution in [0.4, 0.5) is 11.4 Å². The predicted molar refractivity (Wildman–Crippen MR) is 96.0 cm³/mol. The third-order valence-corrected chi connectivity index (χ3v) is 4.24. The molecule has 1 aliphatic heterocycles. The van der Waals surface area contributed by atoms with Gasteiger partial charge in [0.2, 0.25) is 11.8 Å². The Kier molecular flexibility index (Phi) is 4.75. The zero-order chi connectivity index (χ0) is 16.9. The van der Waals surface area contributed by atoms with E-state index in [0.717, 1.165) is 11.3 Å². The molecule has 0 spiro atoms. The lowest BCUT2D eigenvalue weighted by Crippen LogP contribution is -2.32. The van der Waals surface area contributed by atoms with E-state index in [1.54, 1.807) is 11.0 Å². The fraction of sp³-hybridized carbons (Fsp3) is 0.200. The highest BCUT2D eigenvalue weighted by molar-refractivity contribution is 6.03. The summed E-state index contributed by atoms with van der Waals surface area (Å²) in [5.74, 6) is -0.119. The van der Waals surface area contributed by atoms with Gasteiger partial charge in [0.15, 0.2) is 0 Å². The minimum absolute atomic E-state index is 0.00676. The van der Waals surface area contributed by atoms with Crippen LogP contribution in [0, 0.1) is 0 Å². The van der Waals surface area contributed by atoms with Crippen molar-refractivity contribution in [2.24, 2.45) is 0 Å². The Labute approximate surface area is 141 Å². The molecule has 4 heteroatoms. The molecule has 0 radical (unpaired) electrons. The SMILES string of the molecule is C=CC(CC(=O)N1CCC(=O)Nc2ccccc21)c1ccccc1. The van der Waals surface area contributed by atoms with Gasteiger partial charge in [0, 0.05) is 25.3 Å². The highest BCUT2D eigenvalue weighted by atomic mass is 16.2. The second-order valence-electron chi connectivity index (χ2n) is 5.82. The fourth-order valence-corrected chi connectivity index (χ4v) is 2.96. The van der Waals surface area contributed by atoms with Gasteiger partial charge in [0.05, 0.1) is 11.4 Å². The van der Waals surface area contributed by atoms with Crippen molar-refractivity contribution in [3.05, 3.63) is 72.8 Å². The summed E-state index contributed by atoms with van der Waals surface area (Å²) in [4.78, 5) is 26.5. The number of anilines is 2. The summed E-state index contributed by atoms with van der Waals surface area (Å²) in [6, 6.07) is 17.3. The summed E-state index contributed by atoms with van der Waals surface area (Å²) in [7, 11) is 0. The number of nitrogens with zero attached hydrogens (tertiary/aromatic N) is 1. The average Bonchev–Trinajstić information content (AvgIpc) is 2.78. The minimum atomic E-state index is -0.0684. The first kappa shape index (κ1) is 16.0. The number of para-hydroxylation sites is 2. The highest BCUT2D eigenvalue weighted by Crippen LogP contribution is 2.30. The Balaban J connectivity index is 1.84. The van der Waals surface area contributed by atoms with Crippen LogP contribution in [0.15, 0.2) is 67.3 Å². The number of rotatable bonds is 4. The topological polar surface area (TPSA) is 49.4 Å². The molecule has 0 bridgehead atoms. The Morgan fingerprint density at radius 2 is 1.88 bits per heavy atom. The number of amides is 2. The lowest BCUT2D eigenvalue weighted by atomic mass is 9.95. The molecule has 1 N–H and O–H groups in total. The Hall–Kier alpha value is -2.88. The van der Waals surface area contributed by atoms with E-state index < -0.39 is 0 Å². The van der Waals surface area contributed by atoms with Gasteiger partial charge in [-0.3, -0.25) is 9.59 Å². The molecule has 0 aliphatic carbocycles. The van der Waals surface area contributed by atoms with Crippen LogP contribution in [0.25, 0.3) is 0 Å². The molecule has 0 fully saturated rings. The van der Waals surface area contributed by atoms with Crippen molar-refractivity contribution < 1.29 is 9.59 Å². The average molecular weight is 320 g/mol. The third-order valence-electron chi connectivity index (χ3n) is 4.24. The molecule has 1 atom stereocenters. The fourth-order valence-electron chi connectivity index (χ4n) is 2.96. The second kappa shape index (κ2) is 7.13. The Morgan fingerprint density at radius 1 is 1.17 bits per heavy atom. The van der Waals surface area contributed by atoms with Gasteiger partial charge in [-0.15, -0.1) is 6.58 Å². The van der Waals surface area contributed by atoms with Crippen molar-refractivity contribution in [1.82, 2.24) is 0 Å². The molecule has 0 aromatic heterocycles. The maximum atomic E-state index is 12.9. The monoisotopic (exact) mass is 320 g/mol. The number of hydrogen-bond acceptors (Lipinski definition) is 2. The van der Waals surface area contributed by atoms with Crippen molar-refractivity contribution in [2.75, 3.05) is 16.8 Å². The van der Waals surface area contributed by atoms with E-state index in [1.807, 2.05) is 54.6 Å². The summed E-state index contributed by atoms with van der Waals surface area (Å²) < 4.78 is 0. The van der Waals surface area contributed by atoms with Crippen LogP contribution in [-0.4, -0.2) is 18.4 Å². The minimum Gasteiger partial charge on any atom is -0.324 e. The molecule has 1 heterocycles. The molecule has 24 heavy (non-hydrogen) atoms. The standard InChI is InChI=1S/C20H20N2O2/c1-2-15(16-8-4-3-5-9-16)14-20(24)22-13-12-19(23)21-17-10-6-7-11-18(17)22/h2-11,15H,1,12-14H2,(H,21,23). The lowest BCUT2D eigenvalue weighted by molar-refractivity contribution is -0.118. The molecule has 122 valence electrons. The van der Waals surface area contributed by atoms with E-state index in [-0.39, 0.29) is 17.7 Å². The Morgan fingerprint density at radius 3 is 2.62 bits per heavy atom. The van der Waals surface area contributed by atoms with Crippen LogP contribution in [0.3, 0.4) is 0 Å². The number of hydrogen-bond donors (Lipinski definition) is 1. The van der Waals surface area contributed by atoms with E-state index in [0.29, 0.717) is 25.1 Å². The van der Waals surface area contributed by atoms with Crippen LogP contribution in [-0.2, 0) is 9.59 Å². The van der Waals surface area contributed by atoms with Gasteiger partial charge in [-0.05, 0) is 17.7 Å². The summed E-state index contributed by atoms with van der Waals surface area (Å²) in [6.45, 7) is 4.26. The maximum Gasteiger partial charge on any atom is 0.227 e. The highest BCUT2D eigenvalue weighted by Gasteiger charge is 2.25. The van der Waals surface area contributed by atoms with Crippen LogP contribution < -0.4 is 10.2 Å². The molecule has 2 aromatic carbocycles. The smallest absolute Gasteiger partial charge is 0.227 e.